The van der Waals surface area contributed by atoms with E-state index in [2.05, 4.69) is 168 Å². The van der Waals surface area contributed by atoms with Crippen molar-refractivity contribution in [1.29, 1.82) is 0 Å². The minimum atomic E-state index is 0.908. The lowest BCUT2D eigenvalue weighted by Gasteiger charge is -2.09. The van der Waals surface area contributed by atoms with Gasteiger partial charge >= 0.3 is 0 Å². The Morgan fingerprint density at radius 3 is 1.17 bits per heavy atom. The molecule has 3 nitrogen and oxygen atoms in total. The van der Waals surface area contributed by atoms with Crippen LogP contribution in [0, 0.1) is 0 Å². The van der Waals surface area contributed by atoms with Crippen LogP contribution in [-0.4, -0.2) is 4.40 Å². The molecule has 4 heterocycles. The van der Waals surface area contributed by atoms with E-state index in [1.807, 2.05) is 0 Å². The van der Waals surface area contributed by atoms with E-state index in [9.17, 15) is 0 Å². The summed E-state index contributed by atoms with van der Waals surface area (Å²) in [7, 11) is 0. The number of nitrogens with zero attached hydrogens (tertiary/aromatic N) is 1. The van der Waals surface area contributed by atoms with Gasteiger partial charge in [-0.05, 0) is 92.3 Å². The van der Waals surface area contributed by atoms with Crippen LogP contribution in [0.3, 0.4) is 0 Å². The molecule has 0 radical (unpaired) electrons. The van der Waals surface area contributed by atoms with Crippen molar-refractivity contribution in [3.05, 3.63) is 164 Å². The molecule has 9 aromatic carbocycles. The van der Waals surface area contributed by atoms with Crippen molar-refractivity contribution in [2.24, 2.45) is 0 Å². The van der Waals surface area contributed by atoms with Gasteiger partial charge in [-0.2, -0.15) is 0 Å². The zero-order valence-corrected chi connectivity index (χ0v) is 28.4. The van der Waals surface area contributed by atoms with Crippen LogP contribution in [0.5, 0.6) is 0 Å². The average molecular weight is 674 g/mol. The molecule has 0 bridgehead atoms. The third kappa shape index (κ3) is 3.53. The summed E-state index contributed by atoms with van der Waals surface area (Å²) in [5.41, 5.74) is 12.1. The highest BCUT2D eigenvalue weighted by Gasteiger charge is 2.24. The zero-order chi connectivity index (χ0) is 34.4. The molecule has 4 aromatic heterocycles. The Labute approximate surface area is 301 Å². The molecule has 0 unspecified atom stereocenters. The smallest absolute Gasteiger partial charge is 0.136 e. The van der Waals surface area contributed by atoms with E-state index in [-0.39, 0.29) is 0 Å². The molecule has 13 rings (SSSR count). The molecule has 0 aliphatic rings. The van der Waals surface area contributed by atoms with Crippen LogP contribution in [0.25, 0.3) is 126 Å². The maximum absolute atomic E-state index is 6.52. The lowest BCUT2D eigenvalue weighted by molar-refractivity contribution is 0.669. The van der Waals surface area contributed by atoms with Crippen molar-refractivity contribution in [3.63, 3.8) is 0 Å². The van der Waals surface area contributed by atoms with Crippen molar-refractivity contribution < 1.29 is 8.83 Å². The van der Waals surface area contributed by atoms with E-state index < -0.39 is 0 Å². The molecule has 0 N–H and O–H groups in total. The van der Waals surface area contributed by atoms with Crippen LogP contribution >= 0.6 is 0 Å². The van der Waals surface area contributed by atoms with Crippen molar-refractivity contribution in [3.8, 4) is 22.3 Å². The molecule has 0 spiro atoms. The number of hydrogen-bond donors (Lipinski definition) is 0. The lowest BCUT2D eigenvalue weighted by Crippen LogP contribution is -1.86. The SMILES string of the molecule is c1ccc2cc3c(cc2c1)oc1cccc(-c2cccc4c2c2cccc5c6c(-c7cccc8oc9cc%10ccccc%10cc9c78)cccc6n4c25)c13. The summed E-state index contributed by atoms with van der Waals surface area (Å²) < 4.78 is 15.5. The largest absolute Gasteiger partial charge is 0.456 e. The summed E-state index contributed by atoms with van der Waals surface area (Å²) in [5.74, 6) is 0. The van der Waals surface area contributed by atoms with Gasteiger partial charge in [-0.1, -0.05) is 115 Å². The van der Waals surface area contributed by atoms with Crippen LogP contribution in [0.4, 0.5) is 0 Å². The predicted octanol–water partition coefficient (Wildman–Crippen LogP) is 14.3. The molecule has 0 saturated carbocycles. The molecule has 0 fully saturated rings. The minimum absolute atomic E-state index is 0.908. The van der Waals surface area contributed by atoms with Gasteiger partial charge < -0.3 is 13.2 Å². The number of para-hydroxylation sites is 1. The van der Waals surface area contributed by atoms with Crippen LogP contribution in [0.15, 0.2) is 173 Å². The van der Waals surface area contributed by atoms with E-state index in [0.717, 1.165) is 43.9 Å². The Bertz CT molecular complexity index is 3450. The fourth-order valence-corrected chi connectivity index (χ4v) is 9.50. The number of furan rings is 2. The van der Waals surface area contributed by atoms with Crippen molar-refractivity contribution in [2.75, 3.05) is 0 Å². The summed E-state index contributed by atoms with van der Waals surface area (Å²) in [6.45, 7) is 0. The first kappa shape index (κ1) is 27.6. The van der Waals surface area contributed by atoms with Crippen LogP contribution in [0.2, 0.25) is 0 Å². The fraction of sp³-hybridized carbons (Fsp3) is 0. The quantitative estimate of drug-likeness (QED) is 0.183. The fourth-order valence-electron chi connectivity index (χ4n) is 9.50. The highest BCUT2D eigenvalue weighted by Crippen LogP contribution is 2.48. The van der Waals surface area contributed by atoms with Crippen molar-refractivity contribution in [1.82, 2.24) is 4.40 Å². The van der Waals surface area contributed by atoms with Crippen LogP contribution in [0.1, 0.15) is 0 Å². The third-order valence-electron chi connectivity index (χ3n) is 11.7. The standard InChI is InChI=1S/C50H27NO2/c1-3-12-30-26-44-38(24-28(30)10-1)48-34(16-8-22-42(48)52-44)32-14-6-20-40-46(32)36-18-5-19-37-47-33(15-7-21-41(47)51(40)50(36)37)35-17-9-23-43-49(35)39-25-29-11-2-4-13-31(29)27-45(39)53-43/h1-27H. The number of hydrogen-bond acceptors (Lipinski definition) is 2. The van der Waals surface area contributed by atoms with Gasteiger partial charge in [0.15, 0.2) is 0 Å². The Morgan fingerprint density at radius 1 is 0.302 bits per heavy atom. The van der Waals surface area contributed by atoms with Gasteiger partial charge in [0.2, 0.25) is 0 Å². The summed E-state index contributed by atoms with van der Waals surface area (Å²) in [6.07, 6.45) is 0. The number of fused-ring (bicyclic) bond motifs is 14. The second-order valence-corrected chi connectivity index (χ2v) is 14.4. The molecule has 0 aliphatic carbocycles. The van der Waals surface area contributed by atoms with E-state index in [0.29, 0.717) is 0 Å². The third-order valence-corrected chi connectivity index (χ3v) is 11.7. The first-order valence-corrected chi connectivity index (χ1v) is 18.2. The van der Waals surface area contributed by atoms with E-state index in [1.165, 1.54) is 81.9 Å². The Hall–Kier alpha value is -7.10. The highest BCUT2D eigenvalue weighted by molar-refractivity contribution is 6.30. The molecule has 0 amide bonds. The van der Waals surface area contributed by atoms with E-state index in [4.69, 9.17) is 8.83 Å². The molecular weight excluding hydrogens is 647 g/mol. The Morgan fingerprint density at radius 2 is 0.698 bits per heavy atom. The van der Waals surface area contributed by atoms with Gasteiger partial charge in [-0.3, -0.25) is 0 Å². The van der Waals surface area contributed by atoms with Gasteiger partial charge in [0, 0.05) is 43.1 Å². The summed E-state index contributed by atoms with van der Waals surface area (Å²) in [6, 6.07) is 59.3. The number of benzene rings is 9. The number of rotatable bonds is 2. The molecule has 3 heteroatoms. The maximum Gasteiger partial charge on any atom is 0.136 e. The van der Waals surface area contributed by atoms with Crippen LogP contribution < -0.4 is 0 Å². The molecule has 0 aliphatic heterocycles. The summed E-state index contributed by atoms with van der Waals surface area (Å²) in [4.78, 5) is 0. The van der Waals surface area contributed by atoms with Gasteiger partial charge in [0.1, 0.15) is 22.3 Å². The van der Waals surface area contributed by atoms with Gasteiger partial charge in [-0.15, -0.1) is 0 Å². The first-order valence-electron chi connectivity index (χ1n) is 18.2. The molecule has 0 saturated heterocycles. The minimum Gasteiger partial charge on any atom is -0.456 e. The monoisotopic (exact) mass is 673 g/mol. The Balaban J connectivity index is 1.11. The van der Waals surface area contributed by atoms with Gasteiger partial charge in [-0.25, -0.2) is 0 Å². The van der Waals surface area contributed by atoms with E-state index >= 15 is 0 Å². The molecule has 0 atom stereocenters. The maximum atomic E-state index is 6.52. The van der Waals surface area contributed by atoms with Gasteiger partial charge in [0.25, 0.3) is 0 Å². The Kier molecular flexibility index (Phi) is 5.11. The normalized spacial score (nSPS) is 12.5. The topological polar surface area (TPSA) is 30.7 Å². The summed E-state index contributed by atoms with van der Waals surface area (Å²) >= 11 is 0. The zero-order valence-electron chi connectivity index (χ0n) is 28.4. The summed E-state index contributed by atoms with van der Waals surface area (Å²) in [5, 5.41) is 14.4. The lowest BCUT2D eigenvalue weighted by atomic mass is 9.93. The molecular formula is C50H27NO2. The first-order chi connectivity index (χ1) is 26.3. The van der Waals surface area contributed by atoms with Crippen molar-refractivity contribution >= 4 is 104 Å². The predicted molar refractivity (Wildman–Crippen MR) is 222 cm³/mol. The number of aromatic nitrogens is 1. The molecule has 53 heavy (non-hydrogen) atoms. The van der Waals surface area contributed by atoms with E-state index in [1.54, 1.807) is 0 Å². The molecule has 244 valence electrons. The second-order valence-electron chi connectivity index (χ2n) is 14.4. The average Bonchev–Trinajstić information content (AvgIpc) is 3.95. The highest BCUT2D eigenvalue weighted by atomic mass is 16.3. The van der Waals surface area contributed by atoms with Gasteiger partial charge in [0.05, 0.1) is 16.6 Å². The van der Waals surface area contributed by atoms with Crippen LogP contribution in [-0.2, 0) is 0 Å². The second kappa shape index (κ2) is 9.81. The van der Waals surface area contributed by atoms with Crippen molar-refractivity contribution in [2.45, 2.75) is 0 Å². The molecule has 13 aromatic rings.